The number of rotatable bonds is 2. The molecule has 4 nitrogen and oxygen atoms in total. The largest absolute Gasteiger partial charge is 0.462 e. The molecule has 2 heterocycles. The molecule has 0 amide bonds. The summed E-state index contributed by atoms with van der Waals surface area (Å²) in [5.74, 6) is 1.86. The van der Waals surface area contributed by atoms with E-state index in [-0.39, 0.29) is 22.9 Å². The first-order valence-electron chi connectivity index (χ1n) is 11.2. The van der Waals surface area contributed by atoms with Crippen molar-refractivity contribution in [1.29, 1.82) is 0 Å². The van der Waals surface area contributed by atoms with Crippen LogP contribution in [0.25, 0.3) is 5.57 Å². The van der Waals surface area contributed by atoms with Gasteiger partial charge in [-0.15, -0.1) is 0 Å². The predicted octanol–water partition coefficient (Wildman–Crippen LogP) is 5.09. The maximum Gasteiger partial charge on any atom is 0.302 e. The number of aliphatic imine (C=N–C) groups is 1. The van der Waals surface area contributed by atoms with Gasteiger partial charge in [-0.25, -0.2) is 0 Å². The Morgan fingerprint density at radius 1 is 1.17 bits per heavy atom. The Morgan fingerprint density at radius 2 is 2.00 bits per heavy atom. The highest BCUT2D eigenvalue weighted by Gasteiger charge is 2.57. The third-order valence-corrected chi connectivity index (χ3v) is 8.70. The van der Waals surface area contributed by atoms with E-state index in [2.05, 4.69) is 37.0 Å². The van der Waals surface area contributed by atoms with Gasteiger partial charge in [0.25, 0.3) is 0 Å². The second-order valence-corrected chi connectivity index (χ2v) is 10.1. The van der Waals surface area contributed by atoms with Crippen LogP contribution in [0.15, 0.2) is 35.6 Å². The van der Waals surface area contributed by atoms with Crippen molar-refractivity contribution >= 4 is 17.3 Å². The molecule has 0 spiro atoms. The van der Waals surface area contributed by atoms with Crippen LogP contribution in [0.2, 0.25) is 0 Å². The summed E-state index contributed by atoms with van der Waals surface area (Å²) in [6.45, 7) is 7.39. The molecule has 0 saturated heterocycles. The second-order valence-electron chi connectivity index (χ2n) is 10.1. The molecule has 3 aliphatic carbocycles. The Kier molecular flexibility index (Phi) is 4.45. The van der Waals surface area contributed by atoms with Gasteiger partial charge in [-0.05, 0) is 72.5 Å². The maximum atomic E-state index is 11.4. The fourth-order valence-electron chi connectivity index (χ4n) is 7.22. The van der Waals surface area contributed by atoms with E-state index in [1.54, 1.807) is 0 Å². The van der Waals surface area contributed by atoms with Crippen LogP contribution in [-0.4, -0.2) is 29.3 Å². The van der Waals surface area contributed by atoms with Crippen molar-refractivity contribution in [3.63, 3.8) is 0 Å². The second kappa shape index (κ2) is 6.78. The number of fused-ring (bicyclic) bond motifs is 5. The number of nitrogens with zero attached hydrogens (tertiary/aromatic N) is 2. The molecule has 0 radical (unpaired) electrons. The van der Waals surface area contributed by atoms with Gasteiger partial charge in [0.05, 0.1) is 0 Å². The normalized spacial score (nSPS) is 40.8. The highest BCUT2D eigenvalue weighted by Crippen LogP contribution is 2.63. The van der Waals surface area contributed by atoms with E-state index in [0.29, 0.717) is 17.8 Å². The Balaban J connectivity index is 1.41. The molecular weight excluding hydrogens is 360 g/mol. The summed E-state index contributed by atoms with van der Waals surface area (Å²) in [6, 6.07) is 4.27. The predicted molar refractivity (Wildman–Crippen MR) is 114 cm³/mol. The van der Waals surface area contributed by atoms with Crippen molar-refractivity contribution < 1.29 is 9.53 Å². The molecule has 4 heteroatoms. The van der Waals surface area contributed by atoms with E-state index in [4.69, 9.17) is 9.73 Å². The van der Waals surface area contributed by atoms with Crippen LogP contribution in [0.4, 0.5) is 0 Å². The highest BCUT2D eigenvalue weighted by molar-refractivity contribution is 5.92. The zero-order valence-corrected chi connectivity index (χ0v) is 17.9. The topological polar surface area (TPSA) is 51.5 Å². The summed E-state index contributed by atoms with van der Waals surface area (Å²) < 4.78 is 5.54. The molecule has 0 N–H and O–H groups in total. The number of hydrogen-bond donors (Lipinski definition) is 0. The summed E-state index contributed by atoms with van der Waals surface area (Å²) in [6.07, 6.45) is 13.0. The summed E-state index contributed by atoms with van der Waals surface area (Å²) >= 11 is 0. The van der Waals surface area contributed by atoms with Gasteiger partial charge >= 0.3 is 5.97 Å². The molecule has 1 aromatic rings. The average Bonchev–Trinajstić information content (AvgIpc) is 3.06. The van der Waals surface area contributed by atoms with Gasteiger partial charge < -0.3 is 4.74 Å². The van der Waals surface area contributed by atoms with Gasteiger partial charge in [0.2, 0.25) is 0 Å². The van der Waals surface area contributed by atoms with Gasteiger partial charge in [0.15, 0.2) is 0 Å². The third kappa shape index (κ3) is 2.90. The van der Waals surface area contributed by atoms with Crippen LogP contribution in [0, 0.1) is 28.6 Å². The molecule has 6 atom stereocenters. The highest BCUT2D eigenvalue weighted by atomic mass is 16.5. The number of carbonyl (C=O) groups is 1. The summed E-state index contributed by atoms with van der Waals surface area (Å²) in [5, 5.41) is 0. The van der Waals surface area contributed by atoms with Gasteiger partial charge in [0, 0.05) is 43.4 Å². The summed E-state index contributed by atoms with van der Waals surface area (Å²) in [7, 11) is 0. The first-order valence-corrected chi connectivity index (χ1v) is 11.2. The molecular formula is C25H32N2O2. The lowest BCUT2D eigenvalue weighted by molar-refractivity contribution is -0.147. The van der Waals surface area contributed by atoms with Crippen LogP contribution >= 0.6 is 0 Å². The maximum absolute atomic E-state index is 11.4. The molecule has 29 heavy (non-hydrogen) atoms. The van der Waals surface area contributed by atoms with Gasteiger partial charge in [0.1, 0.15) is 6.10 Å². The van der Waals surface area contributed by atoms with E-state index in [1.807, 2.05) is 12.4 Å². The first kappa shape index (κ1) is 19.0. The minimum atomic E-state index is -0.165. The molecule has 1 aromatic heterocycles. The molecule has 4 aliphatic rings. The van der Waals surface area contributed by atoms with E-state index in [1.165, 1.54) is 43.0 Å². The average molecular weight is 393 g/mol. The van der Waals surface area contributed by atoms with Crippen molar-refractivity contribution in [3.05, 3.63) is 36.2 Å². The van der Waals surface area contributed by atoms with E-state index in [0.717, 1.165) is 25.8 Å². The fourth-order valence-corrected chi connectivity index (χ4v) is 7.22. The Bertz CT molecular complexity index is 876. The van der Waals surface area contributed by atoms with Crippen molar-refractivity contribution in [2.24, 2.45) is 33.6 Å². The monoisotopic (exact) mass is 392 g/mol. The molecule has 0 bridgehead atoms. The van der Waals surface area contributed by atoms with Crippen molar-refractivity contribution in [1.82, 2.24) is 4.98 Å². The number of aromatic nitrogens is 1. The van der Waals surface area contributed by atoms with E-state index < -0.39 is 0 Å². The minimum absolute atomic E-state index is 0.0232. The number of hydrogen-bond acceptors (Lipinski definition) is 4. The van der Waals surface area contributed by atoms with Crippen LogP contribution in [0.1, 0.15) is 64.9 Å². The zero-order valence-electron chi connectivity index (χ0n) is 17.9. The lowest BCUT2D eigenvalue weighted by atomic mass is 9.49. The smallest absolute Gasteiger partial charge is 0.302 e. The lowest BCUT2D eigenvalue weighted by Crippen LogP contribution is -2.54. The molecule has 6 unspecified atom stereocenters. The molecule has 5 rings (SSSR count). The Morgan fingerprint density at radius 3 is 2.76 bits per heavy atom. The number of carbonyl (C=O) groups excluding carboxylic acids is 1. The van der Waals surface area contributed by atoms with Crippen LogP contribution in [0.5, 0.6) is 0 Å². The van der Waals surface area contributed by atoms with Crippen molar-refractivity contribution in [2.75, 3.05) is 6.54 Å². The van der Waals surface area contributed by atoms with E-state index in [9.17, 15) is 4.79 Å². The molecule has 2 fully saturated rings. The first-order chi connectivity index (χ1) is 13.9. The Labute approximate surface area is 173 Å². The van der Waals surface area contributed by atoms with Crippen LogP contribution < -0.4 is 0 Å². The molecule has 2 saturated carbocycles. The van der Waals surface area contributed by atoms with Crippen LogP contribution in [-0.2, 0) is 9.53 Å². The number of allylic oxidation sites excluding steroid dienone is 2. The SMILES string of the molecule is CC(=O)OC1CCC2(C)C(=NCC3C4CC=C(c5cccnc5)C4(C)CCC32)C1. The van der Waals surface area contributed by atoms with Crippen LogP contribution in [0.3, 0.4) is 0 Å². The van der Waals surface area contributed by atoms with E-state index >= 15 is 0 Å². The zero-order chi connectivity index (χ0) is 20.2. The van der Waals surface area contributed by atoms with Crippen molar-refractivity contribution in [3.8, 4) is 0 Å². The molecule has 154 valence electrons. The molecule has 0 aromatic carbocycles. The quantitative estimate of drug-likeness (QED) is 0.659. The Hall–Kier alpha value is -1.97. The summed E-state index contributed by atoms with van der Waals surface area (Å²) in [5.41, 5.74) is 4.54. The summed E-state index contributed by atoms with van der Waals surface area (Å²) in [4.78, 5) is 20.9. The van der Waals surface area contributed by atoms with Gasteiger partial charge in [-0.3, -0.25) is 14.8 Å². The standard InChI is InChI=1S/C25H32N2O2/c1-16(28)29-18-8-10-25(3)22-9-11-24(2)20(17-5-4-12-26-14-17)6-7-21(24)19(22)15-27-23(25)13-18/h4-6,12,14,18-19,21-22H,7-11,13,15H2,1-3H3. The lowest BCUT2D eigenvalue weighted by Gasteiger charge is -2.57. The number of ether oxygens (including phenoxy) is 1. The van der Waals surface area contributed by atoms with Gasteiger partial charge in [-0.1, -0.05) is 26.0 Å². The molecule has 1 aliphatic heterocycles. The minimum Gasteiger partial charge on any atom is -0.462 e. The van der Waals surface area contributed by atoms with Gasteiger partial charge in [-0.2, -0.15) is 0 Å². The van der Waals surface area contributed by atoms with Crippen molar-refractivity contribution in [2.45, 2.75) is 65.4 Å². The number of pyridine rings is 1. The number of esters is 1. The fraction of sp³-hybridized carbons (Fsp3) is 0.640. The third-order valence-electron chi connectivity index (χ3n) is 8.70.